The summed E-state index contributed by atoms with van der Waals surface area (Å²) in [5, 5.41) is 0. The molecule has 17 heavy (non-hydrogen) atoms. The molecule has 1 rings (SSSR count). The first-order chi connectivity index (χ1) is 7.83. The molecule has 0 fully saturated rings. The van der Waals surface area contributed by atoms with E-state index in [4.69, 9.17) is 5.73 Å². The lowest BCUT2D eigenvalue weighted by molar-refractivity contribution is -0.276. The highest BCUT2D eigenvalue weighted by Crippen LogP contribution is 2.23. The van der Waals surface area contributed by atoms with Gasteiger partial charge >= 0.3 is 12.3 Å². The second kappa shape index (κ2) is 4.89. The van der Waals surface area contributed by atoms with Crippen LogP contribution in [-0.4, -0.2) is 23.9 Å². The number of nitrogen functional groups attached to an aromatic ring is 1. The fourth-order valence-electron chi connectivity index (χ4n) is 0.990. The molecule has 0 saturated heterocycles. The Morgan fingerprint density at radius 1 is 1.47 bits per heavy atom. The van der Waals surface area contributed by atoms with Crippen molar-refractivity contribution in [3.05, 3.63) is 17.8 Å². The zero-order valence-corrected chi connectivity index (χ0v) is 8.75. The number of anilines is 1. The van der Waals surface area contributed by atoms with Crippen LogP contribution in [0.5, 0.6) is 5.88 Å². The highest BCUT2D eigenvalue weighted by atomic mass is 19.4. The molecule has 5 nitrogen and oxygen atoms in total. The summed E-state index contributed by atoms with van der Waals surface area (Å²) < 4.78 is 43.9. The van der Waals surface area contributed by atoms with Crippen LogP contribution in [0.4, 0.5) is 18.9 Å². The topological polar surface area (TPSA) is 74.4 Å². The molecule has 94 valence electrons. The third-order valence-corrected chi connectivity index (χ3v) is 1.59. The van der Waals surface area contributed by atoms with Crippen LogP contribution in [0.1, 0.15) is 17.4 Å². The Morgan fingerprint density at radius 2 is 2.12 bits per heavy atom. The monoisotopic (exact) mass is 250 g/mol. The minimum absolute atomic E-state index is 0.0598. The van der Waals surface area contributed by atoms with E-state index in [1.54, 1.807) is 6.92 Å². The van der Waals surface area contributed by atoms with Crippen molar-refractivity contribution >= 4 is 11.7 Å². The molecular formula is C9H9F3N2O3. The van der Waals surface area contributed by atoms with Crippen LogP contribution in [0.25, 0.3) is 0 Å². The average molecular weight is 250 g/mol. The number of hydrogen-bond donors (Lipinski definition) is 1. The van der Waals surface area contributed by atoms with Crippen LogP contribution in [0.15, 0.2) is 12.1 Å². The summed E-state index contributed by atoms with van der Waals surface area (Å²) in [5.41, 5.74) is 4.89. The van der Waals surface area contributed by atoms with Gasteiger partial charge in [0, 0.05) is 6.07 Å². The Hall–Kier alpha value is -1.99. The van der Waals surface area contributed by atoms with Crippen molar-refractivity contribution in [1.82, 2.24) is 4.98 Å². The number of ether oxygens (including phenoxy) is 2. The van der Waals surface area contributed by atoms with Crippen LogP contribution < -0.4 is 10.5 Å². The number of halogens is 3. The molecule has 0 saturated carbocycles. The Balaban J connectivity index is 2.98. The fourth-order valence-corrected chi connectivity index (χ4v) is 0.990. The number of nitrogens with zero attached hydrogens (tertiary/aromatic N) is 1. The zero-order chi connectivity index (χ0) is 13.1. The number of rotatable bonds is 3. The van der Waals surface area contributed by atoms with Crippen LogP contribution in [0, 0.1) is 0 Å². The lowest BCUT2D eigenvalue weighted by Crippen LogP contribution is -2.19. The van der Waals surface area contributed by atoms with E-state index in [1.807, 2.05) is 0 Å². The normalized spacial score (nSPS) is 11.1. The summed E-state index contributed by atoms with van der Waals surface area (Å²) in [6.45, 7) is 1.61. The summed E-state index contributed by atoms with van der Waals surface area (Å²) in [6, 6.07) is 1.99. The van der Waals surface area contributed by atoms with Crippen LogP contribution in [-0.2, 0) is 4.74 Å². The van der Waals surface area contributed by atoms with E-state index >= 15 is 0 Å². The Kier molecular flexibility index (Phi) is 3.77. The lowest BCUT2D eigenvalue weighted by Gasteiger charge is -2.10. The second-order valence-electron chi connectivity index (χ2n) is 2.86. The highest BCUT2D eigenvalue weighted by molar-refractivity contribution is 5.92. The van der Waals surface area contributed by atoms with Gasteiger partial charge in [-0.3, -0.25) is 0 Å². The maximum atomic E-state index is 11.9. The predicted molar refractivity (Wildman–Crippen MR) is 51.3 cm³/mol. The van der Waals surface area contributed by atoms with Crippen LogP contribution in [0.2, 0.25) is 0 Å². The number of alkyl halides is 3. The summed E-state index contributed by atoms with van der Waals surface area (Å²) in [4.78, 5) is 14.6. The minimum Gasteiger partial charge on any atom is -0.461 e. The highest BCUT2D eigenvalue weighted by Gasteiger charge is 2.32. The molecular weight excluding hydrogens is 241 g/mol. The molecule has 0 aliphatic heterocycles. The Morgan fingerprint density at radius 3 is 2.65 bits per heavy atom. The molecule has 8 heteroatoms. The SMILES string of the molecule is CCOC(=O)c1nc(OC(F)(F)F)ccc1N. The number of pyridine rings is 1. The number of hydrogen-bond acceptors (Lipinski definition) is 5. The van der Waals surface area contributed by atoms with Gasteiger partial charge in [0.25, 0.3) is 0 Å². The largest absolute Gasteiger partial charge is 0.574 e. The van der Waals surface area contributed by atoms with Gasteiger partial charge in [0.2, 0.25) is 5.88 Å². The van der Waals surface area contributed by atoms with Crippen molar-refractivity contribution in [2.45, 2.75) is 13.3 Å². The third kappa shape index (κ3) is 3.82. The number of esters is 1. The van der Waals surface area contributed by atoms with Gasteiger partial charge in [-0.2, -0.15) is 0 Å². The quantitative estimate of drug-likeness (QED) is 0.827. The number of carbonyl (C=O) groups is 1. The third-order valence-electron chi connectivity index (χ3n) is 1.59. The summed E-state index contributed by atoms with van der Waals surface area (Å²) >= 11 is 0. The van der Waals surface area contributed by atoms with E-state index in [1.165, 1.54) is 0 Å². The molecule has 1 heterocycles. The molecule has 0 aliphatic rings. The fraction of sp³-hybridized carbons (Fsp3) is 0.333. The van der Waals surface area contributed by atoms with Crippen molar-refractivity contribution in [3.63, 3.8) is 0 Å². The lowest BCUT2D eigenvalue weighted by atomic mass is 10.3. The van der Waals surface area contributed by atoms with Crippen molar-refractivity contribution < 1.29 is 27.4 Å². The summed E-state index contributed by atoms with van der Waals surface area (Å²) in [7, 11) is 0. The van der Waals surface area contributed by atoms with Crippen molar-refractivity contribution in [3.8, 4) is 5.88 Å². The van der Waals surface area contributed by atoms with Crippen LogP contribution >= 0.6 is 0 Å². The number of aromatic nitrogens is 1. The van der Waals surface area contributed by atoms with E-state index < -0.39 is 23.9 Å². The average Bonchev–Trinajstić information content (AvgIpc) is 2.19. The van der Waals surface area contributed by atoms with Gasteiger partial charge in [-0.05, 0) is 13.0 Å². The molecule has 0 aliphatic carbocycles. The molecule has 0 aromatic carbocycles. The first kappa shape index (κ1) is 13.1. The van der Waals surface area contributed by atoms with Crippen molar-refractivity contribution in [1.29, 1.82) is 0 Å². The zero-order valence-electron chi connectivity index (χ0n) is 8.75. The molecule has 0 radical (unpaired) electrons. The minimum atomic E-state index is -4.88. The van der Waals surface area contributed by atoms with Crippen molar-refractivity contribution in [2.75, 3.05) is 12.3 Å². The molecule has 1 aromatic rings. The van der Waals surface area contributed by atoms with Gasteiger partial charge in [0.05, 0.1) is 12.3 Å². The number of carbonyl (C=O) groups excluding carboxylic acids is 1. The summed E-state index contributed by atoms with van der Waals surface area (Å²) in [5.74, 6) is -1.67. The first-order valence-corrected chi connectivity index (χ1v) is 4.53. The Labute approximate surface area is 94.3 Å². The molecule has 0 atom stereocenters. The maximum absolute atomic E-state index is 11.9. The van der Waals surface area contributed by atoms with E-state index in [9.17, 15) is 18.0 Å². The maximum Gasteiger partial charge on any atom is 0.574 e. The molecule has 0 bridgehead atoms. The molecule has 0 spiro atoms. The van der Waals surface area contributed by atoms with Gasteiger partial charge in [-0.1, -0.05) is 0 Å². The van der Waals surface area contributed by atoms with E-state index in [-0.39, 0.29) is 12.3 Å². The standard InChI is InChI=1S/C9H9F3N2O3/c1-2-16-8(15)7-5(13)3-4-6(14-7)17-9(10,11)12/h3-4H,2,13H2,1H3. The van der Waals surface area contributed by atoms with Gasteiger partial charge in [0.1, 0.15) is 0 Å². The van der Waals surface area contributed by atoms with Gasteiger partial charge in [-0.15, -0.1) is 13.2 Å². The first-order valence-electron chi connectivity index (χ1n) is 4.53. The van der Waals surface area contributed by atoms with Gasteiger partial charge in [0.15, 0.2) is 5.69 Å². The van der Waals surface area contributed by atoms with E-state index in [2.05, 4.69) is 14.5 Å². The Bertz CT molecular complexity index is 420. The molecule has 1 aromatic heterocycles. The van der Waals surface area contributed by atoms with E-state index in [0.29, 0.717) is 0 Å². The van der Waals surface area contributed by atoms with Gasteiger partial charge < -0.3 is 15.2 Å². The second-order valence-corrected chi connectivity index (χ2v) is 2.86. The predicted octanol–water partition coefficient (Wildman–Crippen LogP) is 1.74. The smallest absolute Gasteiger partial charge is 0.461 e. The molecule has 0 unspecified atom stereocenters. The van der Waals surface area contributed by atoms with Gasteiger partial charge in [-0.25, -0.2) is 9.78 Å². The number of nitrogens with two attached hydrogens (primary N) is 1. The van der Waals surface area contributed by atoms with Crippen molar-refractivity contribution in [2.24, 2.45) is 0 Å². The van der Waals surface area contributed by atoms with E-state index in [0.717, 1.165) is 12.1 Å². The van der Waals surface area contributed by atoms with Crippen LogP contribution in [0.3, 0.4) is 0 Å². The summed E-state index contributed by atoms with van der Waals surface area (Å²) in [6.07, 6.45) is -4.88. The molecule has 0 amide bonds. The molecule has 2 N–H and O–H groups in total.